The molecule has 0 aliphatic carbocycles. The number of aliphatic imine (C=N–C) groups is 1. The molecule has 17 heavy (non-hydrogen) atoms. The molecule has 0 atom stereocenters. The van der Waals surface area contributed by atoms with Crippen LogP contribution in [0.5, 0.6) is 5.75 Å². The number of hydrogen-bond acceptors (Lipinski definition) is 3. The van der Waals surface area contributed by atoms with Gasteiger partial charge in [-0.3, -0.25) is 9.98 Å². The Bertz CT molecular complexity index is 615. The van der Waals surface area contributed by atoms with Crippen molar-refractivity contribution in [3.8, 4) is 5.75 Å². The van der Waals surface area contributed by atoms with Crippen molar-refractivity contribution >= 4 is 23.3 Å². The van der Waals surface area contributed by atoms with Crippen LogP contribution in [0, 0.1) is 0 Å². The molecule has 1 N–H and O–H groups in total. The maximum Gasteiger partial charge on any atom is 0.125 e. The third kappa shape index (κ3) is 2.08. The first-order valence-electron chi connectivity index (χ1n) is 5.14. The van der Waals surface area contributed by atoms with Crippen LogP contribution in [0.3, 0.4) is 0 Å². The molecule has 0 radical (unpaired) electrons. The Morgan fingerprint density at radius 2 is 2.24 bits per heavy atom. The van der Waals surface area contributed by atoms with Gasteiger partial charge in [0.1, 0.15) is 5.75 Å². The Hall–Kier alpha value is -2.42. The molecule has 1 heterocycles. The minimum atomic E-state index is 0.184. The number of phenols is 1. The maximum atomic E-state index is 9.91. The van der Waals surface area contributed by atoms with E-state index in [2.05, 4.69) is 23.3 Å². The molecule has 3 heteroatoms. The number of fused-ring (bicyclic) bond motifs is 1. The maximum absolute atomic E-state index is 9.91. The van der Waals surface area contributed by atoms with Crippen molar-refractivity contribution in [3.05, 3.63) is 54.8 Å². The molecule has 0 amide bonds. The summed E-state index contributed by atoms with van der Waals surface area (Å²) >= 11 is 0. The zero-order valence-corrected chi connectivity index (χ0v) is 9.30. The molecule has 0 saturated heterocycles. The molecule has 1 aromatic heterocycles. The van der Waals surface area contributed by atoms with Gasteiger partial charge in [0, 0.05) is 17.1 Å². The van der Waals surface area contributed by atoms with Gasteiger partial charge in [0.05, 0.1) is 11.2 Å². The van der Waals surface area contributed by atoms with Crippen LogP contribution in [0.25, 0.3) is 16.6 Å². The first-order chi connectivity index (χ1) is 8.26. The Morgan fingerprint density at radius 1 is 1.41 bits per heavy atom. The van der Waals surface area contributed by atoms with Crippen LogP contribution in [-0.2, 0) is 0 Å². The summed E-state index contributed by atoms with van der Waals surface area (Å²) in [6, 6.07) is 7.11. The second kappa shape index (κ2) is 4.61. The molecule has 2 aromatic rings. The summed E-state index contributed by atoms with van der Waals surface area (Å²) < 4.78 is 0. The highest BCUT2D eigenvalue weighted by atomic mass is 16.3. The quantitative estimate of drug-likeness (QED) is 0.643. The van der Waals surface area contributed by atoms with Crippen LogP contribution in [0.1, 0.15) is 5.56 Å². The van der Waals surface area contributed by atoms with E-state index in [0.29, 0.717) is 5.70 Å². The summed E-state index contributed by atoms with van der Waals surface area (Å²) in [4.78, 5) is 8.10. The Morgan fingerprint density at radius 3 is 2.94 bits per heavy atom. The van der Waals surface area contributed by atoms with Crippen molar-refractivity contribution < 1.29 is 5.11 Å². The van der Waals surface area contributed by atoms with E-state index < -0.39 is 0 Å². The smallest absolute Gasteiger partial charge is 0.125 e. The first-order valence-corrected chi connectivity index (χ1v) is 5.14. The van der Waals surface area contributed by atoms with Gasteiger partial charge in [-0.05, 0) is 37.1 Å². The number of allylic oxidation sites excluding steroid dienone is 2. The fourth-order valence-corrected chi connectivity index (χ4v) is 1.66. The fraction of sp³-hybridized carbons (Fsp3) is 0. The highest BCUT2D eigenvalue weighted by Gasteiger charge is 2.05. The Kier molecular flexibility index (Phi) is 3.01. The average Bonchev–Trinajstić information content (AvgIpc) is 2.36. The summed E-state index contributed by atoms with van der Waals surface area (Å²) in [5.41, 5.74) is 2.15. The SMILES string of the molecule is C=C/C=C(\N=C)c1cc(O)c2cccnc2c1. The van der Waals surface area contributed by atoms with E-state index in [1.165, 1.54) is 0 Å². The van der Waals surface area contributed by atoms with Gasteiger partial charge in [0.2, 0.25) is 0 Å². The molecular formula is C14H12N2O. The number of rotatable bonds is 3. The number of phenolic OH excluding ortho intramolecular Hbond substituents is 1. The topological polar surface area (TPSA) is 45.5 Å². The number of hydrogen-bond donors (Lipinski definition) is 1. The van der Waals surface area contributed by atoms with E-state index in [-0.39, 0.29) is 5.75 Å². The lowest BCUT2D eigenvalue weighted by Gasteiger charge is -2.05. The number of aromatic hydroxyl groups is 1. The lowest BCUT2D eigenvalue weighted by molar-refractivity contribution is 0.481. The molecule has 2 rings (SSSR count). The predicted octanol–water partition coefficient (Wildman–Crippen LogP) is 3.17. The van der Waals surface area contributed by atoms with E-state index in [4.69, 9.17) is 0 Å². The zero-order valence-electron chi connectivity index (χ0n) is 9.30. The van der Waals surface area contributed by atoms with Crippen molar-refractivity contribution in [1.29, 1.82) is 0 Å². The molecule has 0 spiro atoms. The van der Waals surface area contributed by atoms with Crippen LogP contribution < -0.4 is 0 Å². The van der Waals surface area contributed by atoms with E-state index in [1.54, 1.807) is 30.5 Å². The summed E-state index contributed by atoms with van der Waals surface area (Å²) in [6.07, 6.45) is 5.05. The second-order valence-electron chi connectivity index (χ2n) is 3.51. The van der Waals surface area contributed by atoms with Crippen molar-refractivity contribution in [3.63, 3.8) is 0 Å². The minimum absolute atomic E-state index is 0.184. The highest BCUT2D eigenvalue weighted by Crippen LogP contribution is 2.28. The number of aromatic nitrogens is 1. The van der Waals surface area contributed by atoms with Crippen LogP contribution in [0.15, 0.2) is 54.2 Å². The molecule has 0 aliphatic rings. The van der Waals surface area contributed by atoms with E-state index in [0.717, 1.165) is 16.5 Å². The van der Waals surface area contributed by atoms with Crippen molar-refractivity contribution in [2.24, 2.45) is 4.99 Å². The predicted molar refractivity (Wildman–Crippen MR) is 71.1 cm³/mol. The van der Waals surface area contributed by atoms with Gasteiger partial charge in [-0.1, -0.05) is 12.7 Å². The number of pyridine rings is 1. The van der Waals surface area contributed by atoms with Gasteiger partial charge in [-0.15, -0.1) is 0 Å². The number of nitrogens with zero attached hydrogens (tertiary/aromatic N) is 2. The molecule has 0 aliphatic heterocycles. The second-order valence-corrected chi connectivity index (χ2v) is 3.51. The summed E-state index contributed by atoms with van der Waals surface area (Å²) in [5.74, 6) is 0.184. The van der Waals surface area contributed by atoms with Gasteiger partial charge in [0.15, 0.2) is 0 Å². The fourth-order valence-electron chi connectivity index (χ4n) is 1.66. The van der Waals surface area contributed by atoms with E-state index >= 15 is 0 Å². The van der Waals surface area contributed by atoms with Crippen molar-refractivity contribution in [2.45, 2.75) is 0 Å². The monoisotopic (exact) mass is 224 g/mol. The lowest BCUT2D eigenvalue weighted by Crippen LogP contribution is -1.85. The van der Waals surface area contributed by atoms with Crippen LogP contribution in [0.2, 0.25) is 0 Å². The van der Waals surface area contributed by atoms with Gasteiger partial charge < -0.3 is 5.11 Å². The summed E-state index contributed by atoms with van der Waals surface area (Å²) in [5, 5.41) is 10.6. The van der Waals surface area contributed by atoms with E-state index in [9.17, 15) is 5.11 Å². The molecule has 0 fully saturated rings. The molecule has 0 bridgehead atoms. The van der Waals surface area contributed by atoms with Gasteiger partial charge in [0.25, 0.3) is 0 Å². The van der Waals surface area contributed by atoms with Gasteiger partial charge in [-0.25, -0.2) is 0 Å². The Labute approximate surface area is 99.5 Å². The molecule has 84 valence electrons. The molecule has 1 aromatic carbocycles. The van der Waals surface area contributed by atoms with Crippen LogP contribution in [0.4, 0.5) is 0 Å². The molecule has 0 unspecified atom stereocenters. The van der Waals surface area contributed by atoms with Gasteiger partial charge in [-0.2, -0.15) is 0 Å². The number of benzene rings is 1. The van der Waals surface area contributed by atoms with E-state index in [1.807, 2.05) is 12.1 Å². The molecule has 3 nitrogen and oxygen atoms in total. The van der Waals surface area contributed by atoms with Crippen LogP contribution >= 0.6 is 0 Å². The largest absolute Gasteiger partial charge is 0.507 e. The zero-order chi connectivity index (χ0) is 12.3. The lowest BCUT2D eigenvalue weighted by atomic mass is 10.1. The van der Waals surface area contributed by atoms with Crippen LogP contribution in [-0.4, -0.2) is 16.8 Å². The summed E-state index contributed by atoms with van der Waals surface area (Å²) in [7, 11) is 0. The average molecular weight is 224 g/mol. The summed E-state index contributed by atoms with van der Waals surface area (Å²) in [6.45, 7) is 7.11. The third-order valence-corrected chi connectivity index (χ3v) is 2.44. The highest BCUT2D eigenvalue weighted by molar-refractivity contribution is 5.88. The third-order valence-electron chi connectivity index (χ3n) is 2.44. The van der Waals surface area contributed by atoms with Crippen molar-refractivity contribution in [2.75, 3.05) is 0 Å². The standard InChI is InChI=1S/C14H12N2O/c1-3-5-12(15-2)10-8-13-11(14(17)9-10)6-4-7-16-13/h3-9,17H,1-2H2/b12-5-. The van der Waals surface area contributed by atoms with Gasteiger partial charge >= 0.3 is 0 Å². The normalized spacial score (nSPS) is 11.4. The first kappa shape index (κ1) is 11.1. The minimum Gasteiger partial charge on any atom is -0.507 e. The van der Waals surface area contributed by atoms with Crippen molar-refractivity contribution in [1.82, 2.24) is 4.98 Å². The molecule has 0 saturated carbocycles. The Balaban J connectivity index is 2.68. The molecular weight excluding hydrogens is 212 g/mol.